The highest BCUT2D eigenvalue weighted by Gasteiger charge is 2.34. The molecule has 12 nitrogen and oxygen atoms in total. The number of nitrogens with zero attached hydrogens (tertiary/aromatic N) is 4. The second-order valence-electron chi connectivity index (χ2n) is 10.9. The zero-order chi connectivity index (χ0) is 32.9. The van der Waals surface area contributed by atoms with Gasteiger partial charge in [-0.25, -0.2) is 19.0 Å². The number of primary amides is 1. The summed E-state index contributed by atoms with van der Waals surface area (Å²) in [5.41, 5.74) is 6.90. The van der Waals surface area contributed by atoms with E-state index >= 15 is 4.39 Å². The number of nitrogens with two attached hydrogens (primary N) is 1. The van der Waals surface area contributed by atoms with Crippen molar-refractivity contribution in [1.29, 1.82) is 0 Å². The van der Waals surface area contributed by atoms with Crippen molar-refractivity contribution in [2.45, 2.75) is 25.3 Å². The summed E-state index contributed by atoms with van der Waals surface area (Å²) in [6.45, 7) is 1.81. The molecule has 0 radical (unpaired) electrons. The minimum atomic E-state index is -0.853. The Kier molecular flexibility index (Phi) is 9.45. The highest BCUT2D eigenvalue weighted by molar-refractivity contribution is 5.94. The number of amides is 1. The van der Waals surface area contributed by atoms with E-state index in [1.54, 1.807) is 67.4 Å². The average Bonchev–Trinajstić information content (AvgIpc) is 3.38. The molecule has 244 valence electrons. The van der Waals surface area contributed by atoms with Crippen molar-refractivity contribution < 1.29 is 32.9 Å². The van der Waals surface area contributed by atoms with E-state index in [0.29, 0.717) is 78.6 Å². The van der Waals surface area contributed by atoms with E-state index in [9.17, 15) is 9.59 Å². The van der Waals surface area contributed by atoms with E-state index < -0.39 is 23.2 Å². The smallest absolute Gasteiger partial charge is 0.284 e. The molecular formula is C34H34FN5O7. The summed E-state index contributed by atoms with van der Waals surface area (Å²) in [7, 11) is 3.16. The van der Waals surface area contributed by atoms with E-state index in [1.807, 2.05) is 6.07 Å². The number of fused-ring (bicyclic) bond motifs is 2. The van der Waals surface area contributed by atoms with Gasteiger partial charge in [-0.3, -0.25) is 14.3 Å². The quantitative estimate of drug-likeness (QED) is 0.182. The molecule has 0 saturated carbocycles. The van der Waals surface area contributed by atoms with Gasteiger partial charge in [-0.15, -0.1) is 0 Å². The van der Waals surface area contributed by atoms with Crippen LogP contribution in [-0.4, -0.2) is 65.9 Å². The first-order valence-electron chi connectivity index (χ1n) is 15.1. The lowest BCUT2D eigenvalue weighted by molar-refractivity contribution is 0.0997. The second kappa shape index (κ2) is 14.0. The summed E-state index contributed by atoms with van der Waals surface area (Å²) >= 11 is 0. The van der Waals surface area contributed by atoms with E-state index in [0.717, 1.165) is 0 Å². The van der Waals surface area contributed by atoms with Gasteiger partial charge < -0.3 is 29.4 Å². The van der Waals surface area contributed by atoms with E-state index in [4.69, 9.17) is 29.4 Å². The lowest BCUT2D eigenvalue weighted by Crippen LogP contribution is -2.26. The SMILES string of the molecule is COCCOc1cc2ncnc(Oc3ccc(C4CCCn5c4c(C(N)=O)c(=O)n5-c4ccccc4)c(F)c3)c2cc1OCCOC. The number of ether oxygens (including phenoxy) is 5. The summed E-state index contributed by atoms with van der Waals surface area (Å²) in [6.07, 6.45) is 2.52. The summed E-state index contributed by atoms with van der Waals surface area (Å²) in [6, 6.07) is 16.9. The Labute approximate surface area is 269 Å². The highest BCUT2D eigenvalue weighted by atomic mass is 19.1. The highest BCUT2D eigenvalue weighted by Crippen LogP contribution is 2.39. The van der Waals surface area contributed by atoms with Crippen molar-refractivity contribution in [2.24, 2.45) is 5.73 Å². The number of hydrogen-bond acceptors (Lipinski definition) is 9. The molecule has 1 amide bonds. The van der Waals surface area contributed by atoms with Crippen molar-refractivity contribution in [1.82, 2.24) is 19.3 Å². The molecule has 1 atom stereocenters. The Bertz CT molecular complexity index is 1960. The van der Waals surface area contributed by atoms with Crippen molar-refractivity contribution in [3.8, 4) is 28.8 Å². The largest absolute Gasteiger partial charge is 0.487 e. The summed E-state index contributed by atoms with van der Waals surface area (Å²) in [5, 5.41) is 0.521. The molecular weight excluding hydrogens is 609 g/mol. The number of benzene rings is 3. The molecule has 3 aromatic carbocycles. The molecule has 0 saturated heterocycles. The van der Waals surface area contributed by atoms with Crippen LogP contribution in [0.25, 0.3) is 16.6 Å². The standard InChI is InChI=1S/C34H34FN5O7/c1-43-13-15-45-28-18-25-27(19-29(28)46-16-14-44-2)37-20-38-33(25)47-22-10-11-23(26(35)17-22)24-9-6-12-39-31(24)30(32(36)41)34(42)40(39)21-7-4-3-5-8-21/h3-5,7-8,10-11,17-20,24H,6,9,12-16H2,1-2H3,(H2,36,41). The molecule has 1 aliphatic heterocycles. The van der Waals surface area contributed by atoms with Crippen LogP contribution >= 0.6 is 0 Å². The van der Waals surface area contributed by atoms with Gasteiger partial charge in [0.05, 0.1) is 35.5 Å². The van der Waals surface area contributed by atoms with Gasteiger partial charge in [-0.05, 0) is 42.7 Å². The van der Waals surface area contributed by atoms with Gasteiger partial charge in [-0.2, -0.15) is 0 Å². The first kappa shape index (κ1) is 31.7. The topological polar surface area (TPSA) is 142 Å². The maximum Gasteiger partial charge on any atom is 0.284 e. The molecule has 0 spiro atoms. The Morgan fingerprint density at radius 2 is 1.68 bits per heavy atom. The number of rotatable bonds is 13. The van der Waals surface area contributed by atoms with Gasteiger partial charge in [0.2, 0.25) is 5.88 Å². The normalized spacial score (nSPS) is 14.1. The number of aromatic nitrogens is 4. The van der Waals surface area contributed by atoms with Crippen LogP contribution in [0.15, 0.2) is 71.8 Å². The Hall–Kier alpha value is -5.27. The minimum Gasteiger partial charge on any atom is -0.487 e. The fourth-order valence-electron chi connectivity index (χ4n) is 5.86. The van der Waals surface area contributed by atoms with Crippen LogP contribution in [0.2, 0.25) is 0 Å². The fraction of sp³-hybridized carbons (Fsp3) is 0.294. The number of halogens is 1. The summed E-state index contributed by atoms with van der Waals surface area (Å²) < 4.78 is 47.2. The molecule has 1 unspecified atom stereocenters. The van der Waals surface area contributed by atoms with Crippen LogP contribution in [0, 0.1) is 5.82 Å². The molecule has 2 aromatic heterocycles. The number of hydrogen-bond donors (Lipinski definition) is 1. The van der Waals surface area contributed by atoms with Crippen molar-refractivity contribution in [2.75, 3.05) is 40.6 Å². The van der Waals surface area contributed by atoms with E-state index in [1.165, 1.54) is 17.1 Å². The van der Waals surface area contributed by atoms with Crippen LogP contribution < -0.4 is 25.5 Å². The monoisotopic (exact) mass is 643 g/mol. The zero-order valence-corrected chi connectivity index (χ0v) is 26.0. The fourth-order valence-corrected chi connectivity index (χ4v) is 5.86. The van der Waals surface area contributed by atoms with Gasteiger partial charge in [0, 0.05) is 38.8 Å². The lowest BCUT2D eigenvalue weighted by Gasteiger charge is -2.27. The van der Waals surface area contributed by atoms with Gasteiger partial charge in [0.1, 0.15) is 36.7 Å². The predicted molar refractivity (Wildman–Crippen MR) is 170 cm³/mol. The maximum atomic E-state index is 16.0. The van der Waals surface area contributed by atoms with Crippen LogP contribution in [0.1, 0.15) is 40.4 Å². The van der Waals surface area contributed by atoms with Crippen molar-refractivity contribution >= 4 is 16.8 Å². The minimum absolute atomic E-state index is 0.139. The molecule has 1 aliphatic rings. The number of carbonyl (C=O) groups excluding carboxylic acids is 1. The third-order valence-corrected chi connectivity index (χ3v) is 7.94. The number of para-hydroxylation sites is 1. The van der Waals surface area contributed by atoms with E-state index in [-0.39, 0.29) is 23.8 Å². The number of carbonyl (C=O) groups is 1. The molecule has 2 N–H and O–H groups in total. The second-order valence-corrected chi connectivity index (χ2v) is 10.9. The molecule has 0 aliphatic carbocycles. The van der Waals surface area contributed by atoms with E-state index in [2.05, 4.69) is 9.97 Å². The first-order chi connectivity index (χ1) is 22.9. The third kappa shape index (κ3) is 6.40. The predicted octanol–water partition coefficient (Wildman–Crippen LogP) is 4.59. The Morgan fingerprint density at radius 1 is 0.957 bits per heavy atom. The molecule has 13 heteroatoms. The third-order valence-electron chi connectivity index (χ3n) is 7.94. The van der Waals surface area contributed by atoms with Gasteiger partial charge in [0.15, 0.2) is 11.5 Å². The molecule has 5 aromatic rings. The van der Waals surface area contributed by atoms with Crippen LogP contribution in [0.4, 0.5) is 4.39 Å². The maximum absolute atomic E-state index is 16.0. The Morgan fingerprint density at radius 3 is 2.36 bits per heavy atom. The molecule has 3 heterocycles. The summed E-state index contributed by atoms with van der Waals surface area (Å²) in [4.78, 5) is 34.7. The molecule has 0 bridgehead atoms. The van der Waals surface area contributed by atoms with Crippen molar-refractivity contribution in [3.05, 3.63) is 100.0 Å². The first-order valence-corrected chi connectivity index (χ1v) is 15.1. The summed E-state index contributed by atoms with van der Waals surface area (Å²) in [5.74, 6) is -0.721. The van der Waals surface area contributed by atoms with Gasteiger partial charge >= 0.3 is 0 Å². The molecule has 0 fully saturated rings. The van der Waals surface area contributed by atoms with Crippen molar-refractivity contribution in [3.63, 3.8) is 0 Å². The van der Waals surface area contributed by atoms with Crippen LogP contribution in [-0.2, 0) is 16.0 Å². The van der Waals surface area contributed by atoms with Gasteiger partial charge in [-0.1, -0.05) is 24.3 Å². The van der Waals surface area contributed by atoms with Crippen LogP contribution in [0.5, 0.6) is 23.1 Å². The molecule has 47 heavy (non-hydrogen) atoms. The average molecular weight is 644 g/mol. The Balaban J connectivity index is 1.34. The van der Waals surface area contributed by atoms with Gasteiger partial charge in [0.25, 0.3) is 11.5 Å². The van der Waals surface area contributed by atoms with Crippen LogP contribution in [0.3, 0.4) is 0 Å². The zero-order valence-electron chi connectivity index (χ0n) is 26.0. The number of methoxy groups -OCH3 is 2. The lowest BCUT2D eigenvalue weighted by atomic mass is 9.86. The molecule has 6 rings (SSSR count).